The molecule has 2 heterocycles. The minimum absolute atomic E-state index is 0.0458. The van der Waals surface area contributed by atoms with Crippen molar-refractivity contribution in [3.05, 3.63) is 62.8 Å². The normalized spacial score (nSPS) is 13.5. The second-order valence-electron chi connectivity index (χ2n) is 6.80. The molecule has 4 rings (SSSR count). The quantitative estimate of drug-likeness (QED) is 0.735. The number of nitrogens with zero attached hydrogens (tertiary/aromatic N) is 2. The molecule has 140 valence electrons. The average Bonchev–Trinajstić information content (AvgIpc) is 3.05. The average molecular weight is 385 g/mol. The first kappa shape index (κ1) is 17.9. The molecule has 1 aliphatic rings. The Bertz CT molecular complexity index is 1040. The first-order chi connectivity index (χ1) is 13.1. The highest BCUT2D eigenvalue weighted by atomic mass is 32.1. The fourth-order valence-corrected chi connectivity index (χ4v) is 4.72. The van der Waals surface area contributed by atoms with Gasteiger partial charge in [0.2, 0.25) is 5.91 Å². The van der Waals surface area contributed by atoms with E-state index in [0.29, 0.717) is 18.4 Å². The number of carbonyl (C=O) groups excluding carboxylic acids is 1. The summed E-state index contributed by atoms with van der Waals surface area (Å²) in [6.45, 7) is 0.387. The van der Waals surface area contributed by atoms with Crippen LogP contribution in [0.15, 0.2) is 35.4 Å². The van der Waals surface area contributed by atoms with Crippen LogP contribution in [0.2, 0.25) is 0 Å². The third-order valence-electron chi connectivity index (χ3n) is 4.90. The van der Waals surface area contributed by atoms with Gasteiger partial charge in [-0.2, -0.15) is 0 Å². The fraction of sp³-hybridized carbons (Fsp3) is 0.350. The predicted molar refractivity (Wildman–Crippen MR) is 104 cm³/mol. The molecule has 0 atom stereocenters. The number of aromatic nitrogens is 2. The largest absolute Gasteiger partial charge is 0.354 e. The number of hydrogen-bond acceptors (Lipinski definition) is 4. The van der Waals surface area contributed by atoms with Crippen LogP contribution >= 0.6 is 11.3 Å². The summed E-state index contributed by atoms with van der Waals surface area (Å²) in [4.78, 5) is 31.5. The predicted octanol–water partition coefficient (Wildman–Crippen LogP) is 2.83. The van der Waals surface area contributed by atoms with Crippen molar-refractivity contribution in [3.8, 4) is 0 Å². The lowest BCUT2D eigenvalue weighted by atomic mass is 9.97. The van der Waals surface area contributed by atoms with E-state index in [1.54, 1.807) is 23.5 Å². The first-order valence-electron chi connectivity index (χ1n) is 9.12. The van der Waals surface area contributed by atoms with Crippen molar-refractivity contribution >= 4 is 27.5 Å². The molecule has 0 fully saturated rings. The van der Waals surface area contributed by atoms with Gasteiger partial charge >= 0.3 is 0 Å². The van der Waals surface area contributed by atoms with Crippen LogP contribution in [0.5, 0.6) is 0 Å². The third-order valence-corrected chi connectivity index (χ3v) is 6.10. The van der Waals surface area contributed by atoms with Gasteiger partial charge < -0.3 is 5.32 Å². The van der Waals surface area contributed by atoms with Gasteiger partial charge in [-0.15, -0.1) is 11.3 Å². The van der Waals surface area contributed by atoms with Crippen molar-refractivity contribution in [1.29, 1.82) is 0 Å². The monoisotopic (exact) mass is 385 g/mol. The first-order valence-corrected chi connectivity index (χ1v) is 9.94. The maximum atomic E-state index is 12.9. The standard InChI is InChI=1S/C20H20FN3O2S/c21-14-7-5-13(6-8-14)9-10-22-17(25)11-24-12-23-19-18(20(24)26)15-3-1-2-4-16(15)27-19/h5-8,12H,1-4,9-11H2,(H,22,25). The second kappa shape index (κ2) is 7.60. The zero-order valence-corrected chi connectivity index (χ0v) is 15.7. The summed E-state index contributed by atoms with van der Waals surface area (Å²) >= 11 is 1.60. The van der Waals surface area contributed by atoms with E-state index in [9.17, 15) is 14.0 Å². The van der Waals surface area contributed by atoms with Crippen molar-refractivity contribution in [2.24, 2.45) is 0 Å². The summed E-state index contributed by atoms with van der Waals surface area (Å²) in [7, 11) is 0. The number of carbonyl (C=O) groups is 1. The Hall–Kier alpha value is -2.54. The number of aryl methyl sites for hydroxylation is 2. The van der Waals surface area contributed by atoms with E-state index >= 15 is 0 Å². The van der Waals surface area contributed by atoms with Gasteiger partial charge in [0.25, 0.3) is 5.56 Å². The van der Waals surface area contributed by atoms with Crippen LogP contribution < -0.4 is 10.9 Å². The molecule has 1 aromatic carbocycles. The van der Waals surface area contributed by atoms with Crippen LogP contribution in [0.3, 0.4) is 0 Å². The van der Waals surface area contributed by atoms with E-state index in [2.05, 4.69) is 10.3 Å². The van der Waals surface area contributed by atoms with Gasteiger partial charge in [-0.1, -0.05) is 12.1 Å². The zero-order valence-electron chi connectivity index (χ0n) is 14.8. The van der Waals surface area contributed by atoms with E-state index in [0.717, 1.165) is 41.6 Å². The lowest BCUT2D eigenvalue weighted by molar-refractivity contribution is -0.121. The molecule has 0 aliphatic heterocycles. The highest BCUT2D eigenvalue weighted by Crippen LogP contribution is 2.33. The molecule has 7 heteroatoms. The van der Waals surface area contributed by atoms with Gasteiger partial charge in [0, 0.05) is 11.4 Å². The molecular formula is C20H20FN3O2S. The smallest absolute Gasteiger partial charge is 0.262 e. The SMILES string of the molecule is O=C(Cn1cnc2sc3c(c2c1=O)CCCC3)NCCc1ccc(F)cc1. The summed E-state index contributed by atoms with van der Waals surface area (Å²) in [6, 6.07) is 6.20. The maximum absolute atomic E-state index is 12.9. The fourth-order valence-electron chi connectivity index (χ4n) is 3.50. The van der Waals surface area contributed by atoms with Crippen molar-refractivity contribution in [1.82, 2.24) is 14.9 Å². The van der Waals surface area contributed by atoms with E-state index < -0.39 is 0 Å². The third kappa shape index (κ3) is 3.78. The lowest BCUT2D eigenvalue weighted by Gasteiger charge is -2.10. The van der Waals surface area contributed by atoms with E-state index in [1.807, 2.05) is 0 Å². The zero-order chi connectivity index (χ0) is 18.8. The molecule has 0 radical (unpaired) electrons. The molecule has 1 N–H and O–H groups in total. The van der Waals surface area contributed by atoms with E-state index in [-0.39, 0.29) is 23.8 Å². The van der Waals surface area contributed by atoms with Crippen LogP contribution in [-0.4, -0.2) is 22.0 Å². The van der Waals surface area contributed by atoms with Gasteiger partial charge in [0.1, 0.15) is 17.2 Å². The molecule has 2 aromatic heterocycles. The number of rotatable bonds is 5. The minimum atomic E-state index is -0.277. The maximum Gasteiger partial charge on any atom is 0.262 e. The number of nitrogens with one attached hydrogen (secondary N) is 1. The molecule has 1 aliphatic carbocycles. The highest BCUT2D eigenvalue weighted by molar-refractivity contribution is 7.18. The molecule has 0 saturated carbocycles. The topological polar surface area (TPSA) is 64.0 Å². The minimum Gasteiger partial charge on any atom is -0.354 e. The number of thiophene rings is 1. The number of hydrogen-bond donors (Lipinski definition) is 1. The number of halogens is 1. The van der Waals surface area contributed by atoms with Crippen molar-refractivity contribution in [3.63, 3.8) is 0 Å². The van der Waals surface area contributed by atoms with Crippen LogP contribution in [0.4, 0.5) is 4.39 Å². The van der Waals surface area contributed by atoms with Crippen LogP contribution in [0, 0.1) is 5.82 Å². The van der Waals surface area contributed by atoms with Crippen molar-refractivity contribution in [2.75, 3.05) is 6.54 Å². The molecule has 1 amide bonds. The summed E-state index contributed by atoms with van der Waals surface area (Å²) in [5.74, 6) is -0.509. The van der Waals surface area contributed by atoms with Crippen molar-refractivity contribution < 1.29 is 9.18 Å². The molecule has 0 spiro atoms. The van der Waals surface area contributed by atoms with E-state index in [1.165, 1.54) is 27.9 Å². The molecule has 0 bridgehead atoms. The summed E-state index contributed by atoms with van der Waals surface area (Å²) in [5, 5.41) is 3.50. The van der Waals surface area contributed by atoms with Gasteiger partial charge in [-0.05, 0) is 55.4 Å². The summed E-state index contributed by atoms with van der Waals surface area (Å²) < 4.78 is 14.3. The van der Waals surface area contributed by atoms with Crippen molar-refractivity contribution in [2.45, 2.75) is 38.6 Å². The van der Waals surface area contributed by atoms with Gasteiger partial charge in [0.05, 0.1) is 11.7 Å². The molecule has 0 unspecified atom stereocenters. The molecule has 3 aromatic rings. The number of fused-ring (bicyclic) bond motifs is 3. The van der Waals surface area contributed by atoms with Crippen LogP contribution in [0.1, 0.15) is 28.8 Å². The van der Waals surface area contributed by atoms with Gasteiger partial charge in [0.15, 0.2) is 0 Å². The second-order valence-corrected chi connectivity index (χ2v) is 7.88. The molecular weight excluding hydrogens is 365 g/mol. The van der Waals surface area contributed by atoms with Gasteiger partial charge in [-0.3, -0.25) is 14.2 Å². The Morgan fingerprint density at radius 3 is 2.81 bits per heavy atom. The Morgan fingerprint density at radius 1 is 1.22 bits per heavy atom. The van der Waals surface area contributed by atoms with Crippen LogP contribution in [-0.2, 0) is 30.6 Å². The summed E-state index contributed by atoms with van der Waals surface area (Å²) in [6.07, 6.45) is 6.25. The number of amides is 1. The Morgan fingerprint density at radius 2 is 2.00 bits per heavy atom. The lowest BCUT2D eigenvalue weighted by Crippen LogP contribution is -2.33. The number of benzene rings is 1. The Balaban J connectivity index is 1.43. The highest BCUT2D eigenvalue weighted by Gasteiger charge is 2.20. The Kier molecular flexibility index (Phi) is 5.03. The van der Waals surface area contributed by atoms with Crippen LogP contribution in [0.25, 0.3) is 10.2 Å². The summed E-state index contributed by atoms with van der Waals surface area (Å²) in [5.41, 5.74) is 1.94. The molecule has 0 saturated heterocycles. The Labute approximate surface area is 159 Å². The van der Waals surface area contributed by atoms with E-state index in [4.69, 9.17) is 0 Å². The molecule has 5 nitrogen and oxygen atoms in total. The molecule has 27 heavy (non-hydrogen) atoms. The van der Waals surface area contributed by atoms with Gasteiger partial charge in [-0.25, -0.2) is 9.37 Å².